The van der Waals surface area contributed by atoms with Crippen molar-refractivity contribution in [2.24, 2.45) is 22.2 Å². The maximum absolute atomic E-state index is 15.1. The van der Waals surface area contributed by atoms with Crippen molar-refractivity contribution in [1.29, 1.82) is 0 Å². The van der Waals surface area contributed by atoms with Crippen molar-refractivity contribution in [1.82, 2.24) is 4.90 Å². The zero-order valence-corrected chi connectivity index (χ0v) is 35.2. The highest BCUT2D eigenvalue weighted by Gasteiger charge is 2.79. The predicted octanol–water partition coefficient (Wildman–Crippen LogP) is 2.78. The van der Waals surface area contributed by atoms with E-state index in [0.717, 1.165) is 7.11 Å². The van der Waals surface area contributed by atoms with Gasteiger partial charge in [-0.25, -0.2) is 24.1 Å². The third-order valence-corrected chi connectivity index (χ3v) is 13.7. The number of esters is 2. The van der Waals surface area contributed by atoms with Crippen LogP contribution in [-0.4, -0.2) is 134 Å². The van der Waals surface area contributed by atoms with Gasteiger partial charge in [-0.2, -0.15) is 0 Å². The van der Waals surface area contributed by atoms with Gasteiger partial charge in [0, 0.05) is 18.3 Å². The second-order valence-electron chi connectivity index (χ2n) is 19.0. The Kier molecular flexibility index (Phi) is 10.5. The molecule has 4 N–H and O–H groups in total. The summed E-state index contributed by atoms with van der Waals surface area (Å²) in [6.07, 6.45) is -12.0. The van der Waals surface area contributed by atoms with E-state index in [-0.39, 0.29) is 29.7 Å². The summed E-state index contributed by atoms with van der Waals surface area (Å²) in [7, 11) is 1.06. The lowest BCUT2D eigenvalue weighted by Crippen LogP contribution is -2.82. The summed E-state index contributed by atoms with van der Waals surface area (Å²) >= 11 is 0. The standard InChI is InChI=1S/C42H55NO16/c1-20-24-25(45)29(47)40(10)22(44)17-23-41(19-55-23,59-35(52)54-11)27(40)30(56-31(48)21-15-13-12-14-16-21)42(53,37(24,5)6)18-39(20,9)57-32(49)26(46)28(36(2,3)4)43-33(50)38(7,8)58-34(43)51/h12-16,22-23,25-28,30,44-46,53H,17-19H2,1-11H3/t22?,23-,25-,26-,27?,28-,30+,39-,40-,41+,42-/m1/s1. The number of imide groups is 1. The van der Waals surface area contributed by atoms with E-state index in [0.29, 0.717) is 4.90 Å². The first-order valence-corrected chi connectivity index (χ1v) is 19.5. The number of nitrogens with zero attached hydrogens (tertiary/aromatic N) is 1. The highest BCUT2D eigenvalue weighted by atomic mass is 16.8. The van der Waals surface area contributed by atoms with E-state index in [9.17, 15) is 44.4 Å². The molecule has 0 spiro atoms. The van der Waals surface area contributed by atoms with Gasteiger partial charge in [0.15, 0.2) is 23.1 Å². The van der Waals surface area contributed by atoms with Crippen molar-refractivity contribution in [3.05, 3.63) is 47.0 Å². The fraction of sp³-hybridized carbons (Fsp3) is 0.667. The third-order valence-electron chi connectivity index (χ3n) is 13.7. The maximum atomic E-state index is 15.1. The quantitative estimate of drug-likeness (QED) is 0.175. The molecule has 2 amide bonds. The Labute approximate surface area is 341 Å². The highest BCUT2D eigenvalue weighted by Crippen LogP contribution is 2.65. The number of fused-ring (bicyclic) bond motifs is 5. The number of amides is 2. The van der Waals surface area contributed by atoms with Crippen LogP contribution in [0.2, 0.25) is 0 Å². The number of ether oxygens (including phenoxy) is 6. The molecule has 17 heteroatoms. The number of hydrogen-bond acceptors (Lipinski definition) is 16. The normalized spacial score (nSPS) is 37.0. The van der Waals surface area contributed by atoms with E-state index in [1.54, 1.807) is 39.0 Å². The van der Waals surface area contributed by atoms with E-state index in [2.05, 4.69) is 0 Å². The molecule has 324 valence electrons. The Morgan fingerprint density at radius 1 is 0.966 bits per heavy atom. The third kappa shape index (κ3) is 6.37. The zero-order valence-electron chi connectivity index (χ0n) is 35.2. The van der Waals surface area contributed by atoms with Crippen molar-refractivity contribution >= 4 is 35.9 Å². The minimum atomic E-state index is -2.47. The molecule has 0 radical (unpaired) electrons. The lowest BCUT2D eigenvalue weighted by Gasteiger charge is -2.67. The zero-order chi connectivity index (χ0) is 44.2. The molecule has 11 atom stereocenters. The number of carbonyl (C=O) groups is 6. The fourth-order valence-corrected chi connectivity index (χ4v) is 10.3. The lowest BCUT2D eigenvalue weighted by molar-refractivity contribution is -0.345. The van der Waals surface area contributed by atoms with Gasteiger partial charge in [-0.3, -0.25) is 9.59 Å². The number of aliphatic hydroxyl groups is 4. The molecule has 2 heterocycles. The molecule has 1 aromatic carbocycles. The van der Waals surface area contributed by atoms with E-state index in [1.807, 2.05) is 0 Å². The van der Waals surface area contributed by atoms with Crippen LogP contribution in [0.1, 0.15) is 92.4 Å². The lowest BCUT2D eigenvalue weighted by atomic mass is 9.44. The maximum Gasteiger partial charge on any atom is 0.508 e. The average Bonchev–Trinajstić information content (AvgIpc) is 3.34. The van der Waals surface area contributed by atoms with Crippen LogP contribution in [-0.2, 0) is 42.8 Å². The smallest absolute Gasteiger partial charge is 0.455 e. The average molecular weight is 830 g/mol. The first-order valence-electron chi connectivity index (χ1n) is 19.5. The minimum absolute atomic E-state index is 0.0381. The van der Waals surface area contributed by atoms with Gasteiger partial charge < -0.3 is 48.8 Å². The van der Waals surface area contributed by atoms with E-state index in [4.69, 9.17) is 28.4 Å². The number of cyclic esters (lactones) is 1. The second-order valence-corrected chi connectivity index (χ2v) is 19.0. The topological polar surface area (TPSA) is 242 Å². The summed E-state index contributed by atoms with van der Waals surface area (Å²) in [4.78, 5) is 83.8. The Hall–Kier alpha value is -4.42. The number of benzene rings is 1. The Morgan fingerprint density at radius 2 is 1.58 bits per heavy atom. The molecular weight excluding hydrogens is 774 g/mol. The van der Waals surface area contributed by atoms with Gasteiger partial charge in [-0.05, 0) is 63.3 Å². The van der Waals surface area contributed by atoms with Crippen LogP contribution >= 0.6 is 0 Å². The first-order chi connectivity index (χ1) is 27.1. The summed E-state index contributed by atoms with van der Waals surface area (Å²) < 4.78 is 34.4. The van der Waals surface area contributed by atoms with Gasteiger partial charge in [0.25, 0.3) is 5.91 Å². The van der Waals surface area contributed by atoms with Crippen molar-refractivity contribution in [2.75, 3.05) is 13.7 Å². The van der Waals surface area contributed by atoms with Crippen LogP contribution in [0.15, 0.2) is 41.5 Å². The SMILES string of the molecule is COC(=O)O[C@@]12CO[C@@H]1CC(O)[C@@]1(C)C(=O)[C@H](O)C3=C(C)[C@](C)(OC(=O)[C@H](O)[C@@H](N4C(=O)OC(C)(C)C4=O)C(C)(C)C)C[C@@](O)([C@@H](OC(=O)c4ccccc4)C12)C3(C)C. The van der Waals surface area contributed by atoms with E-state index < -0.39 is 123 Å². The van der Waals surface area contributed by atoms with Crippen molar-refractivity contribution in [3.8, 4) is 0 Å². The van der Waals surface area contributed by atoms with Crippen LogP contribution in [0, 0.1) is 22.2 Å². The molecule has 0 aromatic heterocycles. The van der Waals surface area contributed by atoms with E-state index in [1.165, 1.54) is 60.6 Å². The van der Waals surface area contributed by atoms with Crippen molar-refractivity contribution < 1.29 is 77.6 Å². The van der Waals surface area contributed by atoms with Crippen LogP contribution < -0.4 is 0 Å². The molecule has 59 heavy (non-hydrogen) atoms. The first kappa shape index (κ1) is 44.1. The summed E-state index contributed by atoms with van der Waals surface area (Å²) in [5.74, 6) is -5.73. The molecule has 2 aliphatic heterocycles. The molecule has 2 saturated carbocycles. The number of carbonyl (C=O) groups excluding carboxylic acids is 6. The number of Topliss-reactive ketones (excluding diaryl/α,β-unsaturated/α-hetero) is 1. The number of ketones is 1. The van der Waals surface area contributed by atoms with Gasteiger partial charge in [0.05, 0.1) is 42.8 Å². The van der Waals surface area contributed by atoms with Gasteiger partial charge in [0.2, 0.25) is 0 Å². The van der Waals surface area contributed by atoms with E-state index >= 15 is 4.79 Å². The van der Waals surface area contributed by atoms with Gasteiger partial charge in [-0.15, -0.1) is 0 Å². The molecule has 6 rings (SSSR count). The predicted molar refractivity (Wildman–Crippen MR) is 202 cm³/mol. The Morgan fingerprint density at radius 3 is 2.08 bits per heavy atom. The number of rotatable bonds is 7. The highest BCUT2D eigenvalue weighted by molar-refractivity contribution is 6.03. The molecule has 17 nitrogen and oxygen atoms in total. The molecule has 2 saturated heterocycles. The van der Waals surface area contributed by atoms with Crippen LogP contribution in [0.5, 0.6) is 0 Å². The van der Waals surface area contributed by atoms with Crippen LogP contribution in [0.4, 0.5) is 9.59 Å². The molecule has 2 bridgehead atoms. The van der Waals surface area contributed by atoms with Crippen molar-refractivity contribution in [3.63, 3.8) is 0 Å². The molecule has 3 aliphatic carbocycles. The molecule has 1 aromatic rings. The number of aliphatic hydroxyl groups excluding tert-OH is 3. The molecule has 5 aliphatic rings. The Bertz CT molecular complexity index is 1990. The molecular formula is C42H55NO16. The van der Waals surface area contributed by atoms with Gasteiger partial charge >= 0.3 is 24.2 Å². The number of methoxy groups -OCH3 is 1. The summed E-state index contributed by atoms with van der Waals surface area (Å²) in [6.45, 7) is 14.3. The van der Waals surface area contributed by atoms with Crippen molar-refractivity contribution in [2.45, 2.75) is 141 Å². The fourth-order valence-electron chi connectivity index (χ4n) is 10.3. The second kappa shape index (κ2) is 14.1. The largest absolute Gasteiger partial charge is 0.508 e. The summed E-state index contributed by atoms with van der Waals surface area (Å²) in [6, 6.07) is 6.20. The molecule has 2 unspecified atom stereocenters. The van der Waals surface area contributed by atoms with Gasteiger partial charge in [-0.1, -0.05) is 52.8 Å². The van der Waals surface area contributed by atoms with Gasteiger partial charge in [0.1, 0.15) is 29.5 Å². The monoisotopic (exact) mass is 829 g/mol. The molecule has 4 fully saturated rings. The summed E-state index contributed by atoms with van der Waals surface area (Å²) in [5.41, 5.74) is -12.9. The summed E-state index contributed by atoms with van der Waals surface area (Å²) in [5, 5.41) is 49.6. The van der Waals surface area contributed by atoms with Crippen LogP contribution in [0.25, 0.3) is 0 Å². The number of hydrogen-bond donors (Lipinski definition) is 4. The van der Waals surface area contributed by atoms with Crippen LogP contribution in [0.3, 0.4) is 0 Å². The Balaban J connectivity index is 1.55. The minimum Gasteiger partial charge on any atom is -0.455 e.